The summed E-state index contributed by atoms with van der Waals surface area (Å²) in [4.78, 5) is 28.2. The molecule has 2 aromatic heterocycles. The van der Waals surface area contributed by atoms with Gasteiger partial charge in [-0.25, -0.2) is 9.78 Å². The van der Waals surface area contributed by atoms with E-state index in [2.05, 4.69) is 25.8 Å². The number of rotatable bonds is 7. The van der Waals surface area contributed by atoms with Gasteiger partial charge in [0.1, 0.15) is 18.3 Å². The van der Waals surface area contributed by atoms with Crippen LogP contribution < -0.4 is 10.6 Å². The molecule has 9 nitrogen and oxygen atoms in total. The first-order chi connectivity index (χ1) is 15.1. The number of hydrogen-bond donors (Lipinski definition) is 3. The molecule has 0 saturated heterocycles. The Labute approximate surface area is 181 Å². The lowest BCUT2D eigenvalue weighted by molar-refractivity contribution is -0.141. The van der Waals surface area contributed by atoms with Crippen LogP contribution in [0.5, 0.6) is 0 Å². The molecule has 2 fully saturated rings. The van der Waals surface area contributed by atoms with Crippen molar-refractivity contribution in [3.8, 4) is 0 Å². The van der Waals surface area contributed by atoms with Gasteiger partial charge in [0.2, 0.25) is 11.8 Å². The van der Waals surface area contributed by atoms with Crippen LogP contribution in [0.4, 0.5) is 23.8 Å². The summed E-state index contributed by atoms with van der Waals surface area (Å²) >= 11 is 0. The van der Waals surface area contributed by atoms with E-state index >= 15 is 0 Å². The Kier molecular flexibility index (Phi) is 5.87. The minimum atomic E-state index is -4.33. The number of alkyl halides is 3. The number of H-pyrrole nitrogens is 1. The molecule has 0 aromatic carbocycles. The second-order valence-corrected chi connectivity index (χ2v) is 8.53. The fourth-order valence-corrected chi connectivity index (χ4v) is 4.02. The van der Waals surface area contributed by atoms with Crippen LogP contribution in [0.3, 0.4) is 0 Å². The van der Waals surface area contributed by atoms with Gasteiger partial charge in [-0.2, -0.15) is 18.3 Å². The topological polar surface area (TPSA) is 122 Å². The Balaban J connectivity index is 1.24. The standard InChI is InChI=1S/C20H24F3N5O4/c1-11-9-24-17(31-11)8-16(29)25-15-7-14(27-28-15)12-2-3-13(6-12)32-18(30)26-19(4-5-19)10-20(21,22)23/h7,9,12-13H,2-6,8,10H2,1H3,(H,26,30)(H2,25,27,28,29)/t12-,13+/m0/s1. The fraction of sp³-hybridized carbons (Fsp3) is 0.600. The molecule has 2 heterocycles. The highest BCUT2D eigenvalue weighted by Crippen LogP contribution is 2.44. The summed E-state index contributed by atoms with van der Waals surface area (Å²) in [5, 5.41) is 12.0. The lowest BCUT2D eigenvalue weighted by Gasteiger charge is -2.20. The molecule has 2 aliphatic carbocycles. The van der Waals surface area contributed by atoms with Gasteiger partial charge in [0.15, 0.2) is 5.82 Å². The number of nitrogens with zero attached hydrogens (tertiary/aromatic N) is 2. The smallest absolute Gasteiger partial charge is 0.407 e. The number of anilines is 1. The van der Waals surface area contributed by atoms with Gasteiger partial charge in [-0.15, -0.1) is 0 Å². The summed E-state index contributed by atoms with van der Waals surface area (Å²) < 4.78 is 48.6. The van der Waals surface area contributed by atoms with Gasteiger partial charge in [0.25, 0.3) is 0 Å². The molecule has 32 heavy (non-hydrogen) atoms. The molecule has 0 bridgehead atoms. The summed E-state index contributed by atoms with van der Waals surface area (Å²) in [7, 11) is 0. The molecular weight excluding hydrogens is 431 g/mol. The maximum atomic E-state index is 12.6. The zero-order valence-electron chi connectivity index (χ0n) is 17.4. The number of aryl methyl sites for hydroxylation is 1. The largest absolute Gasteiger partial charge is 0.446 e. The van der Waals surface area contributed by atoms with Crippen molar-refractivity contribution in [2.75, 3.05) is 5.32 Å². The van der Waals surface area contributed by atoms with Gasteiger partial charge in [-0.05, 0) is 39.0 Å². The summed E-state index contributed by atoms with van der Waals surface area (Å²) in [6, 6.07) is 1.72. The van der Waals surface area contributed by atoms with Crippen molar-refractivity contribution in [1.82, 2.24) is 20.5 Å². The number of nitrogens with one attached hydrogen (secondary N) is 3. The van der Waals surface area contributed by atoms with Crippen LogP contribution in [0.2, 0.25) is 0 Å². The number of carbonyl (C=O) groups is 2. The number of ether oxygens (including phenoxy) is 1. The Morgan fingerprint density at radius 2 is 2.12 bits per heavy atom. The lowest BCUT2D eigenvalue weighted by atomic mass is 10.0. The van der Waals surface area contributed by atoms with Crippen molar-refractivity contribution >= 4 is 17.8 Å². The fourth-order valence-electron chi connectivity index (χ4n) is 4.02. The minimum absolute atomic E-state index is 0.0136. The predicted octanol–water partition coefficient (Wildman–Crippen LogP) is 3.73. The molecule has 3 N–H and O–H groups in total. The summed E-state index contributed by atoms with van der Waals surface area (Å²) in [6.45, 7) is 1.74. The van der Waals surface area contributed by atoms with Gasteiger partial charge < -0.3 is 19.8 Å². The number of halogens is 3. The van der Waals surface area contributed by atoms with Crippen LogP contribution in [0, 0.1) is 6.92 Å². The van der Waals surface area contributed by atoms with Crippen molar-refractivity contribution < 1.29 is 31.9 Å². The third-order valence-electron chi connectivity index (χ3n) is 5.70. The van der Waals surface area contributed by atoms with Crippen LogP contribution in [0.15, 0.2) is 16.7 Å². The number of carbonyl (C=O) groups excluding carboxylic acids is 2. The number of aromatic nitrogens is 3. The minimum Gasteiger partial charge on any atom is -0.446 e. The maximum absolute atomic E-state index is 12.6. The average molecular weight is 455 g/mol. The summed E-state index contributed by atoms with van der Waals surface area (Å²) in [5.74, 6) is 1.01. The van der Waals surface area contributed by atoms with Crippen molar-refractivity contribution in [1.29, 1.82) is 0 Å². The van der Waals surface area contributed by atoms with Gasteiger partial charge in [-0.1, -0.05) is 0 Å². The van der Waals surface area contributed by atoms with Crippen molar-refractivity contribution in [2.45, 2.75) is 75.6 Å². The molecule has 12 heteroatoms. The zero-order chi connectivity index (χ0) is 22.9. The van der Waals surface area contributed by atoms with Crippen LogP contribution in [-0.4, -0.2) is 45.0 Å². The quantitative estimate of drug-likeness (QED) is 0.585. The molecule has 2 aromatic rings. The highest BCUT2D eigenvalue weighted by atomic mass is 19.4. The maximum Gasteiger partial charge on any atom is 0.407 e. The van der Waals surface area contributed by atoms with Crippen molar-refractivity contribution in [3.63, 3.8) is 0 Å². The first-order valence-corrected chi connectivity index (χ1v) is 10.4. The number of amides is 2. The van der Waals surface area contributed by atoms with E-state index in [1.807, 2.05) is 0 Å². The predicted molar refractivity (Wildman–Crippen MR) is 105 cm³/mol. The third kappa shape index (κ3) is 5.80. The van der Waals surface area contributed by atoms with Crippen LogP contribution in [-0.2, 0) is 16.0 Å². The van der Waals surface area contributed by atoms with Gasteiger partial charge in [0, 0.05) is 17.7 Å². The number of oxazole rings is 1. The monoisotopic (exact) mass is 455 g/mol. The lowest BCUT2D eigenvalue weighted by Crippen LogP contribution is -2.41. The second-order valence-electron chi connectivity index (χ2n) is 8.53. The molecule has 4 rings (SSSR count). The zero-order valence-corrected chi connectivity index (χ0v) is 17.4. The highest BCUT2D eigenvalue weighted by molar-refractivity contribution is 5.90. The second kappa shape index (κ2) is 8.47. The van der Waals surface area contributed by atoms with Gasteiger partial charge in [0.05, 0.1) is 18.2 Å². The molecule has 2 amide bonds. The van der Waals surface area contributed by atoms with Crippen molar-refractivity contribution in [3.05, 3.63) is 29.6 Å². The Morgan fingerprint density at radius 3 is 2.78 bits per heavy atom. The first-order valence-electron chi connectivity index (χ1n) is 10.4. The van der Waals surface area contributed by atoms with E-state index in [9.17, 15) is 22.8 Å². The molecule has 0 radical (unpaired) electrons. The average Bonchev–Trinajstić information content (AvgIpc) is 3.08. The van der Waals surface area contributed by atoms with E-state index in [0.717, 1.165) is 12.1 Å². The van der Waals surface area contributed by atoms with E-state index < -0.39 is 30.3 Å². The Morgan fingerprint density at radius 1 is 1.34 bits per heavy atom. The molecular formula is C20H24F3N5O4. The summed E-state index contributed by atoms with van der Waals surface area (Å²) in [6.07, 6.45) is -2.62. The number of hydrogen-bond acceptors (Lipinski definition) is 6. The highest BCUT2D eigenvalue weighted by Gasteiger charge is 2.52. The van der Waals surface area contributed by atoms with E-state index in [0.29, 0.717) is 43.2 Å². The molecule has 0 spiro atoms. The molecule has 174 valence electrons. The molecule has 2 aliphatic rings. The first kappa shape index (κ1) is 22.2. The van der Waals surface area contributed by atoms with E-state index in [1.54, 1.807) is 13.0 Å². The Hall–Kier alpha value is -3.05. The number of aromatic amines is 1. The SMILES string of the molecule is Cc1cnc(CC(=O)Nc2cc([C@H]3CC[C@@H](OC(=O)NC4(CC(F)(F)F)CC4)C3)[nH]n2)o1. The Bertz CT molecular complexity index is 982. The molecule has 0 unspecified atom stereocenters. The molecule has 0 aliphatic heterocycles. The van der Waals surface area contributed by atoms with Crippen molar-refractivity contribution in [2.24, 2.45) is 0 Å². The molecule has 2 atom stereocenters. The van der Waals surface area contributed by atoms with E-state index in [1.165, 1.54) is 6.20 Å². The third-order valence-corrected chi connectivity index (χ3v) is 5.70. The number of alkyl carbamates (subject to hydrolysis) is 1. The summed E-state index contributed by atoms with van der Waals surface area (Å²) in [5.41, 5.74) is -0.428. The van der Waals surface area contributed by atoms with Gasteiger partial charge in [-0.3, -0.25) is 9.89 Å². The van der Waals surface area contributed by atoms with Crippen LogP contribution >= 0.6 is 0 Å². The van der Waals surface area contributed by atoms with Crippen LogP contribution in [0.25, 0.3) is 0 Å². The molecule has 2 saturated carbocycles. The van der Waals surface area contributed by atoms with E-state index in [4.69, 9.17) is 9.15 Å². The van der Waals surface area contributed by atoms with E-state index in [-0.39, 0.29) is 18.2 Å². The normalized spacial score (nSPS) is 21.9. The van der Waals surface area contributed by atoms with Gasteiger partial charge >= 0.3 is 12.3 Å². The van der Waals surface area contributed by atoms with Crippen LogP contribution in [0.1, 0.15) is 61.8 Å².